The van der Waals surface area contributed by atoms with Crippen LogP contribution in [0.5, 0.6) is 0 Å². The number of rotatable bonds is 5. The lowest BCUT2D eigenvalue weighted by Gasteiger charge is -2.09. The van der Waals surface area contributed by atoms with Gasteiger partial charge in [0.25, 0.3) is 0 Å². The molecule has 1 aliphatic carbocycles. The monoisotopic (exact) mass is 342 g/mol. The Kier molecular flexibility index (Phi) is 4.06. The largest absolute Gasteiger partial charge is 0.274 e. The number of benzene rings is 1. The molecule has 23 heavy (non-hydrogen) atoms. The maximum atomic E-state index is 5.83. The zero-order chi connectivity index (χ0) is 15.6. The number of pyridine rings is 1. The van der Waals surface area contributed by atoms with Crippen molar-refractivity contribution >= 4 is 23.4 Å². The molecule has 6 heteroatoms. The number of nitrogens with zero attached hydrogens (tertiary/aromatic N) is 4. The third-order valence-electron chi connectivity index (χ3n) is 3.77. The van der Waals surface area contributed by atoms with E-state index in [9.17, 15) is 0 Å². The molecule has 0 spiro atoms. The molecule has 0 N–H and O–H groups in total. The van der Waals surface area contributed by atoms with Crippen molar-refractivity contribution in [1.82, 2.24) is 19.7 Å². The molecule has 1 fully saturated rings. The van der Waals surface area contributed by atoms with Gasteiger partial charge in [0.15, 0.2) is 5.16 Å². The second-order valence-corrected chi connectivity index (χ2v) is 6.89. The van der Waals surface area contributed by atoms with Gasteiger partial charge in [0.05, 0.1) is 0 Å². The number of para-hydroxylation sites is 1. The highest BCUT2D eigenvalue weighted by molar-refractivity contribution is 7.98. The topological polar surface area (TPSA) is 43.6 Å². The van der Waals surface area contributed by atoms with Gasteiger partial charge in [0.2, 0.25) is 0 Å². The van der Waals surface area contributed by atoms with Crippen molar-refractivity contribution in [2.75, 3.05) is 0 Å². The van der Waals surface area contributed by atoms with Gasteiger partial charge < -0.3 is 0 Å². The van der Waals surface area contributed by atoms with Crippen LogP contribution in [0.3, 0.4) is 0 Å². The molecule has 0 saturated heterocycles. The Labute approximate surface area is 143 Å². The molecule has 0 bridgehead atoms. The average molecular weight is 343 g/mol. The van der Waals surface area contributed by atoms with Gasteiger partial charge in [0, 0.05) is 23.6 Å². The highest BCUT2D eigenvalue weighted by Gasteiger charge is 2.30. The van der Waals surface area contributed by atoms with Gasteiger partial charge in [0.1, 0.15) is 11.0 Å². The van der Waals surface area contributed by atoms with E-state index in [4.69, 9.17) is 11.6 Å². The Morgan fingerprint density at radius 1 is 1.09 bits per heavy atom. The quantitative estimate of drug-likeness (QED) is 0.506. The van der Waals surface area contributed by atoms with Gasteiger partial charge in [-0.05, 0) is 36.6 Å². The average Bonchev–Trinajstić information content (AvgIpc) is 3.35. The first-order valence-corrected chi connectivity index (χ1v) is 8.91. The molecular formula is C17H15ClN4S. The summed E-state index contributed by atoms with van der Waals surface area (Å²) in [5.74, 6) is 2.42. The predicted octanol–water partition coefficient (Wildman–Crippen LogP) is 4.49. The number of halogens is 1. The number of hydrogen-bond acceptors (Lipinski definition) is 4. The summed E-state index contributed by atoms with van der Waals surface area (Å²) in [4.78, 5) is 4.12. The Hall–Kier alpha value is -1.85. The molecule has 116 valence electrons. The predicted molar refractivity (Wildman–Crippen MR) is 92.1 cm³/mol. The van der Waals surface area contributed by atoms with E-state index in [1.807, 2.05) is 30.3 Å². The fourth-order valence-corrected chi connectivity index (χ4v) is 3.45. The maximum absolute atomic E-state index is 5.83. The fourth-order valence-electron chi connectivity index (χ4n) is 2.44. The van der Waals surface area contributed by atoms with Crippen LogP contribution in [-0.4, -0.2) is 19.7 Å². The van der Waals surface area contributed by atoms with Crippen molar-refractivity contribution in [3.63, 3.8) is 0 Å². The van der Waals surface area contributed by atoms with E-state index in [0.29, 0.717) is 11.1 Å². The maximum Gasteiger partial charge on any atom is 0.196 e. The van der Waals surface area contributed by atoms with Crippen LogP contribution >= 0.6 is 23.4 Å². The summed E-state index contributed by atoms with van der Waals surface area (Å²) < 4.78 is 2.19. The van der Waals surface area contributed by atoms with Crippen LogP contribution in [0, 0.1) is 0 Å². The summed E-state index contributed by atoms with van der Waals surface area (Å²) in [5, 5.41) is 10.3. The number of aromatic nitrogens is 4. The first-order valence-electron chi connectivity index (χ1n) is 7.55. The van der Waals surface area contributed by atoms with Crippen LogP contribution in [0.25, 0.3) is 5.69 Å². The van der Waals surface area contributed by atoms with Gasteiger partial charge in [-0.2, -0.15) is 0 Å². The van der Waals surface area contributed by atoms with E-state index in [0.717, 1.165) is 28.0 Å². The molecule has 3 aromatic rings. The van der Waals surface area contributed by atoms with Crippen LogP contribution in [0.1, 0.15) is 30.1 Å². The SMILES string of the molecule is Clc1ccc(CSc2nnc(C3CC3)n2-c2ccccc2)cn1. The summed E-state index contributed by atoms with van der Waals surface area (Å²) in [5.41, 5.74) is 2.24. The summed E-state index contributed by atoms with van der Waals surface area (Å²) in [7, 11) is 0. The number of hydrogen-bond donors (Lipinski definition) is 0. The van der Waals surface area contributed by atoms with Crippen LogP contribution in [0.15, 0.2) is 53.8 Å². The van der Waals surface area contributed by atoms with Crippen molar-refractivity contribution in [3.8, 4) is 5.69 Å². The van der Waals surface area contributed by atoms with Gasteiger partial charge in [-0.3, -0.25) is 4.57 Å². The summed E-state index contributed by atoms with van der Waals surface area (Å²) in [6, 6.07) is 14.1. The molecule has 0 radical (unpaired) electrons. The highest BCUT2D eigenvalue weighted by atomic mass is 35.5. The summed E-state index contributed by atoms with van der Waals surface area (Å²) >= 11 is 7.51. The zero-order valence-electron chi connectivity index (χ0n) is 12.4. The van der Waals surface area contributed by atoms with E-state index in [1.54, 1.807) is 18.0 Å². The first kappa shape index (κ1) is 14.7. The Balaban J connectivity index is 1.62. The highest BCUT2D eigenvalue weighted by Crippen LogP contribution is 2.41. The van der Waals surface area contributed by atoms with Crippen LogP contribution in [0.4, 0.5) is 0 Å². The normalized spacial score (nSPS) is 14.1. The second-order valence-electron chi connectivity index (χ2n) is 5.56. The standard InChI is InChI=1S/C17H15ClN4S/c18-15-9-6-12(10-19-15)11-23-17-21-20-16(13-7-8-13)22(17)14-4-2-1-3-5-14/h1-6,9-10,13H,7-8,11H2. The third-order valence-corrected chi connectivity index (χ3v) is 5.00. The van der Waals surface area contributed by atoms with E-state index < -0.39 is 0 Å². The van der Waals surface area contributed by atoms with Gasteiger partial charge in [-0.25, -0.2) is 4.98 Å². The molecule has 4 rings (SSSR count). The summed E-state index contributed by atoms with van der Waals surface area (Å²) in [6.07, 6.45) is 4.22. The van der Waals surface area contributed by atoms with Gasteiger partial charge in [-0.15, -0.1) is 10.2 Å². The van der Waals surface area contributed by atoms with E-state index >= 15 is 0 Å². The fraction of sp³-hybridized carbons (Fsp3) is 0.235. The lowest BCUT2D eigenvalue weighted by molar-refractivity contribution is 0.829. The van der Waals surface area contributed by atoms with Gasteiger partial charge >= 0.3 is 0 Å². The van der Waals surface area contributed by atoms with Crippen molar-refractivity contribution in [2.24, 2.45) is 0 Å². The molecular weight excluding hydrogens is 328 g/mol. The van der Waals surface area contributed by atoms with Crippen molar-refractivity contribution < 1.29 is 0 Å². The molecule has 2 aromatic heterocycles. The van der Waals surface area contributed by atoms with E-state index in [2.05, 4.69) is 31.9 Å². The van der Waals surface area contributed by atoms with Crippen LogP contribution in [-0.2, 0) is 5.75 Å². The van der Waals surface area contributed by atoms with E-state index in [1.165, 1.54) is 12.8 Å². The molecule has 4 nitrogen and oxygen atoms in total. The first-order chi connectivity index (χ1) is 11.3. The molecule has 1 aromatic carbocycles. The minimum atomic E-state index is 0.516. The lowest BCUT2D eigenvalue weighted by atomic mass is 10.3. The zero-order valence-corrected chi connectivity index (χ0v) is 14.0. The van der Waals surface area contributed by atoms with Crippen LogP contribution < -0.4 is 0 Å². The molecule has 2 heterocycles. The van der Waals surface area contributed by atoms with Crippen molar-refractivity contribution in [1.29, 1.82) is 0 Å². The van der Waals surface area contributed by atoms with Gasteiger partial charge in [-0.1, -0.05) is 47.6 Å². The molecule has 1 saturated carbocycles. The lowest BCUT2D eigenvalue weighted by Crippen LogP contribution is -2.01. The molecule has 1 aliphatic rings. The molecule has 0 atom stereocenters. The minimum absolute atomic E-state index is 0.516. The Bertz CT molecular complexity index is 797. The molecule has 0 amide bonds. The second kappa shape index (κ2) is 6.34. The van der Waals surface area contributed by atoms with Crippen molar-refractivity contribution in [2.45, 2.75) is 29.7 Å². The third kappa shape index (κ3) is 3.26. The Morgan fingerprint density at radius 3 is 2.61 bits per heavy atom. The summed E-state index contributed by atoms with van der Waals surface area (Å²) in [6.45, 7) is 0. The van der Waals surface area contributed by atoms with Crippen LogP contribution in [0.2, 0.25) is 5.15 Å². The van der Waals surface area contributed by atoms with E-state index in [-0.39, 0.29) is 0 Å². The molecule has 0 aliphatic heterocycles. The smallest absolute Gasteiger partial charge is 0.196 e. The number of thioether (sulfide) groups is 1. The Morgan fingerprint density at radius 2 is 1.91 bits per heavy atom. The molecule has 0 unspecified atom stereocenters. The van der Waals surface area contributed by atoms with Crippen molar-refractivity contribution in [3.05, 3.63) is 65.2 Å². The minimum Gasteiger partial charge on any atom is -0.274 e.